The van der Waals surface area contributed by atoms with Gasteiger partial charge in [-0.1, -0.05) is 13.8 Å². The van der Waals surface area contributed by atoms with Crippen molar-refractivity contribution in [2.75, 3.05) is 13.2 Å². The summed E-state index contributed by atoms with van der Waals surface area (Å²) in [6.45, 7) is 11.9. The molecule has 8 fully saturated rings. The van der Waals surface area contributed by atoms with Crippen LogP contribution in [0.4, 0.5) is 0 Å². The third-order valence-corrected chi connectivity index (χ3v) is 17.3. The minimum Gasteiger partial charge on any atom is -0.455 e. The molecular formula is C43H68O16. The van der Waals surface area contributed by atoms with Gasteiger partial charge in [-0.3, -0.25) is 9.59 Å². The zero-order valence-corrected chi connectivity index (χ0v) is 35.5. The molecule has 16 nitrogen and oxygen atoms in total. The zero-order valence-electron chi connectivity index (χ0n) is 35.5. The van der Waals surface area contributed by atoms with Crippen molar-refractivity contribution in [3.05, 3.63) is 0 Å². The standard InChI is InChI=1S/C43H68O16/c1-20(45)54-33-25(48)18-53-37(34(33)55-21(2)46)56-22-8-11-42-19-43(42)13-12-39(5)35(41(7)10-9-29(59-41)38(3,4)52)24(47)16-40(39,6)28(43)15-26(23(42)14-22)57-36-32(51)31(50)30(49)27(17-44)58-36/h22-37,44,47-52H,8-19H2,1-7H3/t22?,23?,24?,25-,26?,27-,28+,29-,30-,31+,32-,33+,34-,35+,36-,37+,39-,40+,41-,42-,43-/m1/s1. The molecule has 0 radical (unpaired) electrons. The number of fused-ring (bicyclic) bond motifs is 2. The molecule has 336 valence electrons. The van der Waals surface area contributed by atoms with E-state index in [-0.39, 0.29) is 52.1 Å². The number of hydrogen-bond acceptors (Lipinski definition) is 16. The molecule has 16 heteroatoms. The Kier molecular flexibility index (Phi) is 11.2. The summed E-state index contributed by atoms with van der Waals surface area (Å²) in [5.74, 6) is -1.53. The average molecular weight is 841 g/mol. The summed E-state index contributed by atoms with van der Waals surface area (Å²) in [6, 6.07) is 0. The summed E-state index contributed by atoms with van der Waals surface area (Å²) < 4.78 is 43.0. The SMILES string of the molecule is CC(=O)O[C@@H]1[C@@H](OC(C)=O)[C@H](OC2CC[C@]34C[C@@]35CC[C@]3(C)[C@@H]([C@@]6(C)CC[C@H](C(C)(C)O)O6)C(O)C[C@@]3(C)[C@@H]5CC(O[C@@H]3O[C@H](CO)[C@@H](O)[C@H](O)[C@H]3O)C4C2)OC[C@H]1O. The number of rotatable bonds is 9. The molecule has 59 heavy (non-hydrogen) atoms. The Bertz CT molecular complexity index is 1600. The summed E-state index contributed by atoms with van der Waals surface area (Å²) in [7, 11) is 0. The molecule has 3 aliphatic heterocycles. The second-order valence-corrected chi connectivity index (χ2v) is 20.9. The Morgan fingerprint density at radius 3 is 2.12 bits per heavy atom. The number of esters is 2. The first-order valence-electron chi connectivity index (χ1n) is 21.9. The van der Waals surface area contributed by atoms with Crippen molar-refractivity contribution in [2.45, 2.75) is 204 Å². The van der Waals surface area contributed by atoms with Crippen molar-refractivity contribution < 1.29 is 78.5 Å². The number of aliphatic hydroxyl groups excluding tert-OH is 6. The van der Waals surface area contributed by atoms with Gasteiger partial charge in [0.25, 0.3) is 0 Å². The lowest BCUT2D eigenvalue weighted by atomic mass is 9.42. The maximum Gasteiger partial charge on any atom is 0.303 e. The third kappa shape index (κ3) is 6.84. The fraction of sp³-hybridized carbons (Fsp3) is 0.953. The number of ether oxygens (including phenoxy) is 7. The first-order valence-corrected chi connectivity index (χ1v) is 21.9. The summed E-state index contributed by atoms with van der Waals surface area (Å²) in [4.78, 5) is 24.2. The number of carbonyl (C=O) groups excluding carboxylic acids is 2. The largest absolute Gasteiger partial charge is 0.455 e. The van der Waals surface area contributed by atoms with Gasteiger partial charge >= 0.3 is 11.9 Å². The second kappa shape index (κ2) is 15.0. The van der Waals surface area contributed by atoms with Crippen LogP contribution in [0.15, 0.2) is 0 Å². The highest BCUT2D eigenvalue weighted by Gasteiger charge is 2.83. The molecule has 8 rings (SSSR count). The normalized spacial score (nSPS) is 54.3. The lowest BCUT2D eigenvalue weighted by molar-refractivity contribution is -0.328. The van der Waals surface area contributed by atoms with Crippen molar-refractivity contribution in [1.82, 2.24) is 0 Å². The Balaban J connectivity index is 1.10. The molecular weight excluding hydrogens is 772 g/mol. The molecule has 0 aromatic carbocycles. The van der Waals surface area contributed by atoms with Gasteiger partial charge < -0.3 is 68.9 Å². The van der Waals surface area contributed by atoms with E-state index in [1.165, 1.54) is 13.8 Å². The topological polar surface area (TPSA) is 240 Å². The van der Waals surface area contributed by atoms with Crippen LogP contribution in [0.2, 0.25) is 0 Å². The van der Waals surface area contributed by atoms with E-state index in [4.69, 9.17) is 33.2 Å². The van der Waals surface area contributed by atoms with Crippen molar-refractivity contribution in [1.29, 1.82) is 0 Å². The Morgan fingerprint density at radius 1 is 0.780 bits per heavy atom. The van der Waals surface area contributed by atoms with Crippen LogP contribution in [0.1, 0.15) is 113 Å². The minimum atomic E-state index is -1.62. The Morgan fingerprint density at radius 2 is 1.47 bits per heavy atom. The second-order valence-electron chi connectivity index (χ2n) is 20.9. The lowest BCUT2D eigenvalue weighted by Crippen LogP contribution is -2.63. The molecule has 0 amide bonds. The van der Waals surface area contributed by atoms with Crippen LogP contribution in [-0.2, 0) is 42.7 Å². The van der Waals surface area contributed by atoms with E-state index in [2.05, 4.69) is 20.8 Å². The summed E-state index contributed by atoms with van der Waals surface area (Å²) >= 11 is 0. The third-order valence-electron chi connectivity index (χ3n) is 17.3. The van der Waals surface area contributed by atoms with Crippen LogP contribution in [0, 0.1) is 39.4 Å². The fourth-order valence-electron chi connectivity index (χ4n) is 14.6. The molecule has 3 saturated heterocycles. The molecule has 3 heterocycles. The summed E-state index contributed by atoms with van der Waals surface area (Å²) in [5, 5.41) is 76.5. The van der Waals surface area contributed by atoms with E-state index in [1.807, 2.05) is 0 Å². The predicted molar refractivity (Wildman–Crippen MR) is 204 cm³/mol. The highest BCUT2D eigenvalue weighted by atomic mass is 16.7. The van der Waals surface area contributed by atoms with E-state index in [0.29, 0.717) is 32.1 Å². The molecule has 0 aromatic rings. The molecule has 0 bridgehead atoms. The minimum absolute atomic E-state index is 0.0695. The van der Waals surface area contributed by atoms with E-state index in [0.717, 1.165) is 32.1 Å². The first-order chi connectivity index (χ1) is 27.5. The molecule has 4 unspecified atom stereocenters. The van der Waals surface area contributed by atoms with Gasteiger partial charge in [0.15, 0.2) is 24.8 Å². The van der Waals surface area contributed by atoms with E-state index < -0.39 is 103 Å². The monoisotopic (exact) mass is 840 g/mol. The van der Waals surface area contributed by atoms with Gasteiger partial charge in [-0.05, 0) is 118 Å². The van der Waals surface area contributed by atoms with E-state index in [1.54, 1.807) is 13.8 Å². The van der Waals surface area contributed by atoms with Crippen molar-refractivity contribution >= 4 is 11.9 Å². The fourth-order valence-corrected chi connectivity index (χ4v) is 14.6. The predicted octanol–water partition coefficient (Wildman–Crippen LogP) is 1.23. The van der Waals surface area contributed by atoms with E-state index in [9.17, 15) is 45.3 Å². The van der Waals surface area contributed by atoms with Gasteiger partial charge in [-0.15, -0.1) is 0 Å². The highest BCUT2D eigenvalue weighted by Crippen LogP contribution is 2.88. The molecule has 8 aliphatic rings. The molecule has 5 aliphatic carbocycles. The highest BCUT2D eigenvalue weighted by molar-refractivity contribution is 5.67. The van der Waals surface area contributed by atoms with Gasteiger partial charge in [-0.25, -0.2) is 0 Å². The van der Waals surface area contributed by atoms with Crippen molar-refractivity contribution in [3.8, 4) is 0 Å². The van der Waals surface area contributed by atoms with Crippen molar-refractivity contribution in [3.63, 3.8) is 0 Å². The van der Waals surface area contributed by atoms with Gasteiger partial charge in [0, 0.05) is 19.8 Å². The van der Waals surface area contributed by atoms with Crippen LogP contribution in [-0.4, -0.2) is 152 Å². The van der Waals surface area contributed by atoms with Gasteiger partial charge in [-0.2, -0.15) is 0 Å². The van der Waals surface area contributed by atoms with Gasteiger partial charge in [0.2, 0.25) is 0 Å². The summed E-state index contributed by atoms with van der Waals surface area (Å²) in [6.07, 6.45) is -6.80. The molecule has 7 N–H and O–H groups in total. The van der Waals surface area contributed by atoms with Gasteiger partial charge in [0.05, 0.1) is 48.8 Å². The Hall–Kier alpha value is -1.54. The molecule has 21 atom stereocenters. The molecule has 0 aromatic heterocycles. The smallest absolute Gasteiger partial charge is 0.303 e. The number of hydrogen-bond donors (Lipinski definition) is 7. The molecule has 5 saturated carbocycles. The van der Waals surface area contributed by atoms with E-state index >= 15 is 0 Å². The maximum atomic E-state index is 12.2. The van der Waals surface area contributed by atoms with Crippen LogP contribution in [0.5, 0.6) is 0 Å². The quantitative estimate of drug-likeness (QED) is 0.128. The van der Waals surface area contributed by atoms with Crippen LogP contribution >= 0.6 is 0 Å². The first kappa shape index (κ1) is 44.1. The Labute approximate surface area is 346 Å². The number of carbonyl (C=O) groups is 2. The van der Waals surface area contributed by atoms with Gasteiger partial charge in [0.1, 0.15) is 30.5 Å². The van der Waals surface area contributed by atoms with Crippen LogP contribution in [0.25, 0.3) is 0 Å². The van der Waals surface area contributed by atoms with Crippen LogP contribution < -0.4 is 0 Å². The maximum absolute atomic E-state index is 12.2. The zero-order chi connectivity index (χ0) is 42.8. The lowest BCUT2D eigenvalue weighted by Gasteiger charge is -2.63. The van der Waals surface area contributed by atoms with Crippen molar-refractivity contribution in [2.24, 2.45) is 39.4 Å². The molecule has 2 spiro atoms. The summed E-state index contributed by atoms with van der Waals surface area (Å²) in [5.41, 5.74) is -2.61. The van der Waals surface area contributed by atoms with Crippen LogP contribution in [0.3, 0.4) is 0 Å². The number of aliphatic hydroxyl groups is 7. The average Bonchev–Trinajstić information content (AvgIpc) is 3.52.